The number of hydrogen-bond donors (Lipinski definition) is 2. The SMILES string of the molecule is C/C=C/C(=O)Nc1ccc(C#N)cc1C(=O)O. The molecular formula is C12H10N2O3. The standard InChI is InChI=1S/C12H10N2O3/c1-2-3-11(15)14-10-5-4-8(7-13)6-9(10)12(16)17/h2-6H,1H3,(H,14,15)(H,16,17)/b3-2+. The predicted molar refractivity (Wildman–Crippen MR) is 61.6 cm³/mol. The second-order valence-electron chi connectivity index (χ2n) is 3.17. The number of rotatable bonds is 3. The van der Waals surface area contributed by atoms with E-state index in [4.69, 9.17) is 10.4 Å². The van der Waals surface area contributed by atoms with E-state index in [1.54, 1.807) is 13.0 Å². The fourth-order valence-electron chi connectivity index (χ4n) is 1.23. The first-order valence-electron chi connectivity index (χ1n) is 4.79. The van der Waals surface area contributed by atoms with Crippen molar-refractivity contribution < 1.29 is 14.7 Å². The maximum atomic E-state index is 11.3. The molecule has 1 amide bonds. The van der Waals surface area contributed by atoms with Gasteiger partial charge in [0, 0.05) is 0 Å². The van der Waals surface area contributed by atoms with Crippen LogP contribution in [0.3, 0.4) is 0 Å². The number of carbonyl (C=O) groups excluding carboxylic acids is 1. The van der Waals surface area contributed by atoms with E-state index < -0.39 is 11.9 Å². The molecule has 1 aromatic carbocycles. The Morgan fingerprint density at radius 2 is 2.18 bits per heavy atom. The van der Waals surface area contributed by atoms with Gasteiger partial charge >= 0.3 is 5.97 Å². The number of nitrogens with zero attached hydrogens (tertiary/aromatic N) is 1. The van der Waals surface area contributed by atoms with E-state index in [1.165, 1.54) is 24.3 Å². The maximum absolute atomic E-state index is 11.3. The van der Waals surface area contributed by atoms with Crippen molar-refractivity contribution in [2.75, 3.05) is 5.32 Å². The number of hydrogen-bond acceptors (Lipinski definition) is 3. The molecule has 0 radical (unpaired) electrons. The highest BCUT2D eigenvalue weighted by atomic mass is 16.4. The van der Waals surface area contributed by atoms with E-state index >= 15 is 0 Å². The summed E-state index contributed by atoms with van der Waals surface area (Å²) in [6.45, 7) is 1.68. The van der Waals surface area contributed by atoms with Gasteiger partial charge in [-0.15, -0.1) is 0 Å². The second-order valence-corrected chi connectivity index (χ2v) is 3.17. The van der Waals surface area contributed by atoms with Crippen LogP contribution in [0.25, 0.3) is 0 Å². The first-order chi connectivity index (χ1) is 8.08. The third kappa shape index (κ3) is 3.18. The molecule has 0 atom stereocenters. The summed E-state index contributed by atoms with van der Waals surface area (Å²) in [4.78, 5) is 22.2. The monoisotopic (exact) mass is 230 g/mol. The van der Waals surface area contributed by atoms with Crippen LogP contribution in [0.5, 0.6) is 0 Å². The zero-order valence-electron chi connectivity index (χ0n) is 9.10. The number of benzene rings is 1. The Labute approximate surface area is 98.0 Å². The molecule has 0 saturated carbocycles. The van der Waals surface area contributed by atoms with E-state index in [0.717, 1.165) is 0 Å². The first-order valence-corrected chi connectivity index (χ1v) is 4.79. The van der Waals surface area contributed by atoms with Crippen molar-refractivity contribution in [3.63, 3.8) is 0 Å². The van der Waals surface area contributed by atoms with Gasteiger partial charge in [-0.05, 0) is 31.2 Å². The fourth-order valence-corrected chi connectivity index (χ4v) is 1.23. The van der Waals surface area contributed by atoms with Gasteiger partial charge in [0.25, 0.3) is 0 Å². The number of carbonyl (C=O) groups is 2. The largest absolute Gasteiger partial charge is 0.478 e. The van der Waals surface area contributed by atoms with Crippen molar-refractivity contribution in [2.24, 2.45) is 0 Å². The predicted octanol–water partition coefficient (Wildman–Crippen LogP) is 1.77. The summed E-state index contributed by atoms with van der Waals surface area (Å²) in [6, 6.07) is 5.89. The van der Waals surface area contributed by atoms with Gasteiger partial charge in [0.05, 0.1) is 22.9 Å². The first kappa shape index (κ1) is 12.5. The van der Waals surface area contributed by atoms with Gasteiger partial charge in [0.2, 0.25) is 5.91 Å². The minimum atomic E-state index is -1.20. The molecule has 0 aliphatic rings. The number of carboxylic acids is 1. The van der Waals surface area contributed by atoms with Crippen LogP contribution in [0, 0.1) is 11.3 Å². The molecule has 86 valence electrons. The zero-order valence-corrected chi connectivity index (χ0v) is 9.10. The van der Waals surface area contributed by atoms with Crippen molar-refractivity contribution in [3.05, 3.63) is 41.5 Å². The topological polar surface area (TPSA) is 90.2 Å². The molecule has 0 aliphatic heterocycles. The number of nitrogens with one attached hydrogen (secondary N) is 1. The van der Waals surface area contributed by atoms with Gasteiger partial charge < -0.3 is 10.4 Å². The van der Waals surface area contributed by atoms with Gasteiger partial charge in [-0.3, -0.25) is 4.79 Å². The molecule has 5 nitrogen and oxygen atoms in total. The number of amides is 1. The quantitative estimate of drug-likeness (QED) is 0.774. The van der Waals surface area contributed by atoms with E-state index in [1.807, 2.05) is 6.07 Å². The summed E-state index contributed by atoms with van der Waals surface area (Å²) in [7, 11) is 0. The number of anilines is 1. The number of aromatic carboxylic acids is 1. The molecule has 0 aromatic heterocycles. The van der Waals surface area contributed by atoms with Crippen LogP contribution in [0.2, 0.25) is 0 Å². The van der Waals surface area contributed by atoms with Crippen molar-refractivity contribution in [1.29, 1.82) is 5.26 Å². The van der Waals surface area contributed by atoms with Gasteiger partial charge in [-0.2, -0.15) is 5.26 Å². The highest BCUT2D eigenvalue weighted by Crippen LogP contribution is 2.17. The molecule has 1 rings (SSSR count). The molecule has 0 spiro atoms. The Morgan fingerprint density at radius 3 is 2.71 bits per heavy atom. The molecule has 0 heterocycles. The van der Waals surface area contributed by atoms with Gasteiger partial charge in [-0.1, -0.05) is 6.08 Å². The van der Waals surface area contributed by atoms with Crippen LogP contribution < -0.4 is 5.32 Å². The Kier molecular flexibility index (Phi) is 4.01. The van der Waals surface area contributed by atoms with E-state index in [9.17, 15) is 9.59 Å². The van der Waals surface area contributed by atoms with E-state index in [0.29, 0.717) is 0 Å². The highest BCUT2D eigenvalue weighted by molar-refractivity contribution is 6.04. The van der Waals surface area contributed by atoms with Crippen LogP contribution in [0.4, 0.5) is 5.69 Å². The van der Waals surface area contributed by atoms with Crippen molar-refractivity contribution in [3.8, 4) is 6.07 Å². The summed E-state index contributed by atoms with van der Waals surface area (Å²) in [5, 5.41) is 20.0. The number of carboxylic acid groups (broad SMARTS) is 1. The highest BCUT2D eigenvalue weighted by Gasteiger charge is 2.12. The Bertz CT molecular complexity index is 527. The fraction of sp³-hybridized carbons (Fsp3) is 0.0833. The van der Waals surface area contributed by atoms with Crippen LogP contribution in [-0.4, -0.2) is 17.0 Å². The zero-order chi connectivity index (χ0) is 12.8. The van der Waals surface area contributed by atoms with E-state index in [-0.39, 0.29) is 16.8 Å². The molecule has 0 bridgehead atoms. The Hall–Kier alpha value is -2.61. The normalized spacial score (nSPS) is 9.88. The molecule has 17 heavy (non-hydrogen) atoms. The van der Waals surface area contributed by atoms with Crippen LogP contribution >= 0.6 is 0 Å². The van der Waals surface area contributed by atoms with Crippen LogP contribution in [0.1, 0.15) is 22.8 Å². The van der Waals surface area contributed by atoms with Crippen LogP contribution in [-0.2, 0) is 4.79 Å². The average molecular weight is 230 g/mol. The number of allylic oxidation sites excluding steroid dienone is 1. The minimum absolute atomic E-state index is 0.109. The average Bonchev–Trinajstić information content (AvgIpc) is 2.29. The van der Waals surface area contributed by atoms with Crippen molar-refractivity contribution >= 4 is 17.6 Å². The lowest BCUT2D eigenvalue weighted by atomic mass is 10.1. The lowest BCUT2D eigenvalue weighted by molar-refractivity contribution is -0.111. The maximum Gasteiger partial charge on any atom is 0.337 e. The summed E-state index contributed by atoms with van der Waals surface area (Å²) in [5.41, 5.74) is 0.285. The lowest BCUT2D eigenvalue weighted by Crippen LogP contribution is -2.12. The van der Waals surface area contributed by atoms with Gasteiger partial charge in [0.15, 0.2) is 0 Å². The Balaban J connectivity index is 3.12. The minimum Gasteiger partial charge on any atom is -0.478 e. The van der Waals surface area contributed by atoms with E-state index in [2.05, 4.69) is 5.32 Å². The molecular weight excluding hydrogens is 220 g/mol. The van der Waals surface area contributed by atoms with Crippen molar-refractivity contribution in [2.45, 2.75) is 6.92 Å². The van der Waals surface area contributed by atoms with Crippen LogP contribution in [0.15, 0.2) is 30.4 Å². The third-order valence-corrected chi connectivity index (χ3v) is 1.95. The smallest absolute Gasteiger partial charge is 0.337 e. The van der Waals surface area contributed by atoms with Gasteiger partial charge in [0.1, 0.15) is 0 Å². The Morgan fingerprint density at radius 1 is 1.47 bits per heavy atom. The van der Waals surface area contributed by atoms with Crippen molar-refractivity contribution in [1.82, 2.24) is 0 Å². The molecule has 0 aliphatic carbocycles. The summed E-state index contributed by atoms with van der Waals surface area (Å²) >= 11 is 0. The second kappa shape index (κ2) is 5.47. The third-order valence-electron chi connectivity index (χ3n) is 1.95. The molecule has 0 fully saturated rings. The molecule has 2 N–H and O–H groups in total. The number of nitriles is 1. The summed E-state index contributed by atoms with van der Waals surface area (Å²) < 4.78 is 0. The molecule has 0 unspecified atom stereocenters. The lowest BCUT2D eigenvalue weighted by Gasteiger charge is -2.06. The summed E-state index contributed by atoms with van der Waals surface area (Å²) in [6.07, 6.45) is 2.82. The summed E-state index contributed by atoms with van der Waals surface area (Å²) in [5.74, 6) is -1.61. The molecule has 5 heteroatoms. The molecule has 0 saturated heterocycles. The van der Waals surface area contributed by atoms with Gasteiger partial charge in [-0.25, -0.2) is 4.79 Å². The molecule has 1 aromatic rings.